The Balaban J connectivity index is 1.42. The molecule has 126 valence electrons. The van der Waals surface area contributed by atoms with E-state index in [0.717, 1.165) is 18.4 Å². The molecule has 0 bridgehead atoms. The summed E-state index contributed by atoms with van der Waals surface area (Å²) in [6, 6.07) is 0. The highest BCUT2D eigenvalue weighted by Crippen LogP contribution is 2.21. The first-order valence-corrected chi connectivity index (χ1v) is 8.36. The second kappa shape index (κ2) is 7.59. The van der Waals surface area contributed by atoms with Crippen molar-refractivity contribution < 1.29 is 14.3 Å². The molecule has 0 unspecified atom stereocenters. The van der Waals surface area contributed by atoms with Crippen LogP contribution in [0.4, 0.5) is 0 Å². The first-order chi connectivity index (χ1) is 11.2. The lowest BCUT2D eigenvalue weighted by atomic mass is 9.94. The van der Waals surface area contributed by atoms with E-state index in [-0.39, 0.29) is 17.7 Å². The molecular formula is C16H24N4O3. The van der Waals surface area contributed by atoms with E-state index < -0.39 is 0 Å². The molecule has 0 spiro atoms. The number of ether oxygens (including phenoxy) is 1. The SMILES string of the molecule is O=C(CCc1cn[nH]c1)N1CCC(C(=O)N2CCOCC2)CC1. The van der Waals surface area contributed by atoms with Gasteiger partial charge in [-0.15, -0.1) is 0 Å². The van der Waals surface area contributed by atoms with Crippen molar-refractivity contribution in [1.29, 1.82) is 0 Å². The van der Waals surface area contributed by atoms with Gasteiger partial charge in [-0.2, -0.15) is 5.10 Å². The number of H-pyrrole nitrogens is 1. The number of nitrogens with zero attached hydrogens (tertiary/aromatic N) is 3. The summed E-state index contributed by atoms with van der Waals surface area (Å²) in [5, 5.41) is 6.64. The van der Waals surface area contributed by atoms with Crippen molar-refractivity contribution in [3.63, 3.8) is 0 Å². The smallest absolute Gasteiger partial charge is 0.225 e. The quantitative estimate of drug-likeness (QED) is 0.873. The third-order valence-corrected chi connectivity index (χ3v) is 4.70. The van der Waals surface area contributed by atoms with E-state index in [2.05, 4.69) is 10.2 Å². The normalized spacial score (nSPS) is 19.8. The van der Waals surface area contributed by atoms with Crippen molar-refractivity contribution in [2.75, 3.05) is 39.4 Å². The van der Waals surface area contributed by atoms with Crippen LogP contribution in [0.15, 0.2) is 12.4 Å². The minimum atomic E-state index is 0.0611. The van der Waals surface area contributed by atoms with Gasteiger partial charge in [-0.25, -0.2) is 0 Å². The molecule has 2 fully saturated rings. The molecule has 0 saturated carbocycles. The van der Waals surface area contributed by atoms with E-state index in [1.165, 1.54) is 0 Å². The number of hydrogen-bond donors (Lipinski definition) is 1. The standard InChI is InChI=1S/C16H24N4O3/c21-15(2-1-13-11-17-18-12-13)19-5-3-14(4-6-19)16(22)20-7-9-23-10-8-20/h11-12,14H,1-10H2,(H,17,18). The molecule has 7 nitrogen and oxygen atoms in total. The number of rotatable bonds is 4. The molecule has 2 amide bonds. The van der Waals surface area contributed by atoms with E-state index in [0.29, 0.717) is 52.2 Å². The predicted molar refractivity (Wildman–Crippen MR) is 83.6 cm³/mol. The molecule has 0 atom stereocenters. The number of hydrogen-bond acceptors (Lipinski definition) is 4. The summed E-state index contributed by atoms with van der Waals surface area (Å²) in [6.07, 6.45) is 6.33. The van der Waals surface area contributed by atoms with Crippen molar-refractivity contribution >= 4 is 11.8 Å². The number of carbonyl (C=O) groups is 2. The van der Waals surface area contributed by atoms with Gasteiger partial charge >= 0.3 is 0 Å². The Morgan fingerprint density at radius 1 is 1.17 bits per heavy atom. The molecule has 23 heavy (non-hydrogen) atoms. The van der Waals surface area contributed by atoms with Gasteiger partial charge in [0.1, 0.15) is 0 Å². The summed E-state index contributed by atoms with van der Waals surface area (Å²) in [6.45, 7) is 4.04. The first kappa shape index (κ1) is 16.0. The van der Waals surface area contributed by atoms with Crippen LogP contribution >= 0.6 is 0 Å². The van der Waals surface area contributed by atoms with Crippen LogP contribution in [0.2, 0.25) is 0 Å². The van der Waals surface area contributed by atoms with Gasteiger partial charge in [-0.3, -0.25) is 14.7 Å². The average molecular weight is 320 g/mol. The minimum absolute atomic E-state index is 0.0611. The van der Waals surface area contributed by atoms with Crippen LogP contribution in [0.1, 0.15) is 24.8 Å². The summed E-state index contributed by atoms with van der Waals surface area (Å²) < 4.78 is 5.29. The highest BCUT2D eigenvalue weighted by atomic mass is 16.5. The van der Waals surface area contributed by atoms with Crippen LogP contribution in [0.25, 0.3) is 0 Å². The molecule has 1 aromatic rings. The van der Waals surface area contributed by atoms with E-state index >= 15 is 0 Å². The Hall–Kier alpha value is -1.89. The van der Waals surface area contributed by atoms with Gasteiger partial charge in [0.15, 0.2) is 0 Å². The van der Waals surface area contributed by atoms with Crippen LogP contribution in [-0.4, -0.2) is 71.2 Å². The Kier molecular flexibility index (Phi) is 5.27. The fourth-order valence-electron chi connectivity index (χ4n) is 3.24. The second-order valence-corrected chi connectivity index (χ2v) is 6.20. The summed E-state index contributed by atoms with van der Waals surface area (Å²) in [5.74, 6) is 0.466. The van der Waals surface area contributed by atoms with Gasteiger partial charge in [0.25, 0.3) is 0 Å². The third kappa shape index (κ3) is 4.10. The number of carbonyl (C=O) groups excluding carboxylic acids is 2. The van der Waals surface area contributed by atoms with Gasteiger partial charge in [0, 0.05) is 44.7 Å². The van der Waals surface area contributed by atoms with Crippen molar-refractivity contribution in [3.8, 4) is 0 Å². The Bertz CT molecular complexity index is 517. The Morgan fingerprint density at radius 2 is 1.91 bits per heavy atom. The fourth-order valence-corrected chi connectivity index (χ4v) is 3.24. The minimum Gasteiger partial charge on any atom is -0.378 e. The topological polar surface area (TPSA) is 78.5 Å². The molecule has 0 aromatic carbocycles. The lowest BCUT2D eigenvalue weighted by Crippen LogP contribution is -2.47. The monoisotopic (exact) mass is 320 g/mol. The molecular weight excluding hydrogens is 296 g/mol. The van der Waals surface area contributed by atoms with Crippen molar-refractivity contribution in [2.45, 2.75) is 25.7 Å². The number of aromatic amines is 1. The maximum Gasteiger partial charge on any atom is 0.225 e. The maximum atomic E-state index is 12.5. The van der Waals surface area contributed by atoms with Crippen LogP contribution in [0, 0.1) is 5.92 Å². The Morgan fingerprint density at radius 3 is 2.57 bits per heavy atom. The second-order valence-electron chi connectivity index (χ2n) is 6.20. The number of nitrogens with one attached hydrogen (secondary N) is 1. The maximum absolute atomic E-state index is 12.5. The molecule has 1 aromatic heterocycles. The van der Waals surface area contributed by atoms with Gasteiger partial charge < -0.3 is 14.5 Å². The largest absolute Gasteiger partial charge is 0.378 e. The summed E-state index contributed by atoms with van der Waals surface area (Å²) in [4.78, 5) is 28.5. The van der Waals surface area contributed by atoms with E-state index in [4.69, 9.17) is 4.74 Å². The Labute approximate surface area is 136 Å². The van der Waals surface area contributed by atoms with Crippen LogP contribution in [-0.2, 0) is 20.7 Å². The van der Waals surface area contributed by atoms with Gasteiger partial charge in [0.2, 0.25) is 11.8 Å². The highest BCUT2D eigenvalue weighted by Gasteiger charge is 2.30. The van der Waals surface area contributed by atoms with Gasteiger partial charge in [-0.05, 0) is 24.8 Å². The van der Waals surface area contributed by atoms with Crippen LogP contribution in [0.3, 0.4) is 0 Å². The number of morpholine rings is 1. The van der Waals surface area contributed by atoms with E-state index in [1.54, 1.807) is 6.20 Å². The first-order valence-electron chi connectivity index (χ1n) is 8.36. The van der Waals surface area contributed by atoms with Crippen molar-refractivity contribution in [3.05, 3.63) is 18.0 Å². The molecule has 0 radical (unpaired) electrons. The van der Waals surface area contributed by atoms with E-state index in [1.807, 2.05) is 16.0 Å². The summed E-state index contributed by atoms with van der Waals surface area (Å²) >= 11 is 0. The molecule has 2 aliphatic rings. The van der Waals surface area contributed by atoms with Gasteiger partial charge in [0.05, 0.1) is 19.4 Å². The van der Waals surface area contributed by atoms with Crippen molar-refractivity contribution in [1.82, 2.24) is 20.0 Å². The number of aromatic nitrogens is 2. The zero-order valence-electron chi connectivity index (χ0n) is 13.4. The summed E-state index contributed by atoms with van der Waals surface area (Å²) in [7, 11) is 0. The molecule has 3 rings (SSSR count). The van der Waals surface area contributed by atoms with E-state index in [9.17, 15) is 9.59 Å². The lowest BCUT2D eigenvalue weighted by molar-refractivity contribution is -0.143. The average Bonchev–Trinajstić information content (AvgIpc) is 3.13. The molecule has 2 aliphatic heterocycles. The molecule has 3 heterocycles. The van der Waals surface area contributed by atoms with Gasteiger partial charge in [-0.1, -0.05) is 0 Å². The number of amides is 2. The predicted octanol–water partition coefficient (Wildman–Crippen LogP) is 0.440. The fraction of sp³-hybridized carbons (Fsp3) is 0.688. The van der Waals surface area contributed by atoms with Crippen LogP contribution < -0.4 is 0 Å². The number of likely N-dealkylation sites (tertiary alicyclic amines) is 1. The van der Waals surface area contributed by atoms with Crippen LogP contribution in [0.5, 0.6) is 0 Å². The lowest BCUT2D eigenvalue weighted by Gasteiger charge is -2.35. The van der Waals surface area contributed by atoms with Crippen molar-refractivity contribution in [2.24, 2.45) is 5.92 Å². The highest BCUT2D eigenvalue weighted by molar-refractivity contribution is 5.80. The third-order valence-electron chi connectivity index (χ3n) is 4.70. The molecule has 0 aliphatic carbocycles. The number of piperidine rings is 1. The molecule has 1 N–H and O–H groups in total. The summed E-state index contributed by atoms with van der Waals surface area (Å²) in [5.41, 5.74) is 1.05. The molecule has 2 saturated heterocycles. The zero-order valence-corrected chi connectivity index (χ0v) is 13.4. The molecule has 7 heteroatoms. The zero-order chi connectivity index (χ0) is 16.1. The number of aryl methyl sites for hydroxylation is 1.